The van der Waals surface area contributed by atoms with Crippen LogP contribution in [0.4, 0.5) is 11.4 Å². The highest BCUT2D eigenvalue weighted by Gasteiger charge is 2.12. The molecule has 0 aliphatic rings. The number of carbonyl (C=O) groups is 3. The lowest BCUT2D eigenvalue weighted by molar-refractivity contribution is -0.147. The minimum absolute atomic E-state index is 0.00917. The van der Waals surface area contributed by atoms with Crippen LogP contribution in [0.15, 0.2) is 60.7 Å². The number of anilines is 2. The molecule has 0 fully saturated rings. The highest BCUT2D eigenvalue weighted by molar-refractivity contribution is 5.94. The Morgan fingerprint density at radius 1 is 0.711 bits per heavy atom. The van der Waals surface area contributed by atoms with Gasteiger partial charge in [0.2, 0.25) is 5.91 Å². The number of carbonyl (C=O) groups excluding carboxylic acids is 3. The van der Waals surface area contributed by atoms with E-state index in [-0.39, 0.29) is 25.2 Å². The fourth-order valence-corrected chi connectivity index (χ4v) is 3.66. The maximum absolute atomic E-state index is 12.2. The number of rotatable bonds is 12. The number of ether oxygens (including phenoxy) is 4. The predicted octanol–water partition coefficient (Wildman–Crippen LogP) is 5.40. The van der Waals surface area contributed by atoms with Crippen molar-refractivity contribution >= 4 is 29.2 Å². The van der Waals surface area contributed by atoms with Crippen molar-refractivity contribution in [3.05, 3.63) is 71.8 Å². The zero-order chi connectivity index (χ0) is 27.5. The molecule has 38 heavy (non-hydrogen) atoms. The lowest BCUT2D eigenvalue weighted by Crippen LogP contribution is -2.21. The van der Waals surface area contributed by atoms with Crippen molar-refractivity contribution in [2.45, 2.75) is 33.1 Å². The standard InChI is InChI=1S/C29H32N2O7/c1-19-14-20(2)16-24(15-19)38-22-10-8-21(9-11-22)30-27(32)6-5-7-29(34)37-18-28(33)31-25-13-12-23(35-3)17-26(25)36-4/h8-17H,5-7,18H2,1-4H3,(H,30,32)(H,31,33). The molecule has 0 spiro atoms. The number of nitrogens with one attached hydrogen (secondary N) is 2. The van der Waals surface area contributed by atoms with Crippen molar-refractivity contribution in [3.63, 3.8) is 0 Å². The molecule has 3 rings (SSSR count). The molecule has 9 nitrogen and oxygen atoms in total. The van der Waals surface area contributed by atoms with E-state index in [9.17, 15) is 14.4 Å². The van der Waals surface area contributed by atoms with Gasteiger partial charge in [0, 0.05) is 24.6 Å². The molecule has 3 aromatic rings. The van der Waals surface area contributed by atoms with Crippen molar-refractivity contribution in [3.8, 4) is 23.0 Å². The van der Waals surface area contributed by atoms with Crippen LogP contribution in [0.2, 0.25) is 0 Å². The third-order valence-electron chi connectivity index (χ3n) is 5.40. The van der Waals surface area contributed by atoms with Gasteiger partial charge in [0.25, 0.3) is 5.91 Å². The summed E-state index contributed by atoms with van der Waals surface area (Å²) >= 11 is 0. The Hall–Kier alpha value is -4.53. The summed E-state index contributed by atoms with van der Waals surface area (Å²) in [6, 6.07) is 18.0. The van der Waals surface area contributed by atoms with E-state index in [1.165, 1.54) is 14.2 Å². The Morgan fingerprint density at radius 2 is 1.39 bits per heavy atom. The van der Waals surface area contributed by atoms with Crippen LogP contribution in [0.5, 0.6) is 23.0 Å². The molecule has 3 aromatic carbocycles. The second-order valence-electron chi connectivity index (χ2n) is 8.63. The molecule has 9 heteroatoms. The first-order chi connectivity index (χ1) is 18.2. The number of esters is 1. The van der Waals surface area contributed by atoms with E-state index in [4.69, 9.17) is 18.9 Å². The van der Waals surface area contributed by atoms with Crippen molar-refractivity contribution in [1.29, 1.82) is 0 Å². The number of hydrogen-bond donors (Lipinski definition) is 2. The fraction of sp³-hybridized carbons (Fsp3) is 0.276. The van der Waals surface area contributed by atoms with Crippen molar-refractivity contribution in [2.75, 3.05) is 31.5 Å². The molecular formula is C29H32N2O7. The molecule has 2 N–H and O–H groups in total. The average Bonchev–Trinajstić information content (AvgIpc) is 2.88. The van der Waals surface area contributed by atoms with Gasteiger partial charge >= 0.3 is 5.97 Å². The van der Waals surface area contributed by atoms with Gasteiger partial charge in [-0.3, -0.25) is 14.4 Å². The van der Waals surface area contributed by atoms with Crippen LogP contribution in [-0.4, -0.2) is 38.6 Å². The molecule has 200 valence electrons. The van der Waals surface area contributed by atoms with Crippen LogP contribution in [0.3, 0.4) is 0 Å². The third kappa shape index (κ3) is 8.85. The summed E-state index contributed by atoms with van der Waals surface area (Å²) in [6.07, 6.45) is 0.424. The van der Waals surface area contributed by atoms with Crippen LogP contribution in [0.25, 0.3) is 0 Å². The van der Waals surface area contributed by atoms with Crippen LogP contribution >= 0.6 is 0 Å². The van der Waals surface area contributed by atoms with E-state index in [0.717, 1.165) is 16.9 Å². The molecule has 0 aliphatic heterocycles. The van der Waals surface area contributed by atoms with Gasteiger partial charge in [-0.15, -0.1) is 0 Å². The minimum Gasteiger partial charge on any atom is -0.497 e. The molecule has 0 bridgehead atoms. The van der Waals surface area contributed by atoms with Gasteiger partial charge in [0.15, 0.2) is 6.61 Å². The topological polar surface area (TPSA) is 112 Å². The maximum atomic E-state index is 12.2. The normalized spacial score (nSPS) is 10.3. The third-order valence-corrected chi connectivity index (χ3v) is 5.40. The highest BCUT2D eigenvalue weighted by atomic mass is 16.5. The first-order valence-electron chi connectivity index (χ1n) is 12.1. The minimum atomic E-state index is -0.567. The number of hydrogen-bond acceptors (Lipinski definition) is 7. The average molecular weight is 521 g/mol. The number of aryl methyl sites for hydroxylation is 2. The van der Waals surface area contributed by atoms with Gasteiger partial charge in [-0.1, -0.05) is 6.07 Å². The van der Waals surface area contributed by atoms with Crippen LogP contribution < -0.4 is 24.8 Å². The Balaban J connectivity index is 1.36. The van der Waals surface area contributed by atoms with Crippen molar-refractivity contribution in [2.24, 2.45) is 0 Å². The van der Waals surface area contributed by atoms with Gasteiger partial charge in [0.05, 0.1) is 19.9 Å². The quantitative estimate of drug-likeness (QED) is 0.307. The molecule has 0 saturated heterocycles. The molecule has 2 amide bonds. The summed E-state index contributed by atoms with van der Waals surface area (Å²) in [6.45, 7) is 3.57. The van der Waals surface area contributed by atoms with Crippen LogP contribution in [0, 0.1) is 13.8 Å². The van der Waals surface area contributed by atoms with E-state index >= 15 is 0 Å². The van der Waals surface area contributed by atoms with E-state index in [0.29, 0.717) is 28.6 Å². The Morgan fingerprint density at radius 3 is 2.05 bits per heavy atom. The molecule has 0 heterocycles. The fourth-order valence-electron chi connectivity index (χ4n) is 3.66. The summed E-state index contributed by atoms with van der Waals surface area (Å²) in [4.78, 5) is 36.4. The largest absolute Gasteiger partial charge is 0.497 e. The Labute approximate surface area is 222 Å². The molecule has 0 unspecified atom stereocenters. The summed E-state index contributed by atoms with van der Waals surface area (Å²) in [5.74, 6) is 1.10. The lowest BCUT2D eigenvalue weighted by Gasteiger charge is -2.12. The second-order valence-corrected chi connectivity index (χ2v) is 8.63. The Kier molecular flexibility index (Phi) is 10.1. The molecular weight excluding hydrogens is 488 g/mol. The number of methoxy groups -OCH3 is 2. The zero-order valence-corrected chi connectivity index (χ0v) is 22.0. The van der Waals surface area contributed by atoms with Crippen molar-refractivity contribution in [1.82, 2.24) is 0 Å². The van der Waals surface area contributed by atoms with E-state index in [1.54, 1.807) is 42.5 Å². The molecule has 0 aromatic heterocycles. The Bertz CT molecular complexity index is 1250. The van der Waals surface area contributed by atoms with Crippen LogP contribution in [-0.2, 0) is 19.1 Å². The molecule has 0 saturated carbocycles. The van der Waals surface area contributed by atoms with Gasteiger partial charge in [-0.25, -0.2) is 0 Å². The lowest BCUT2D eigenvalue weighted by atomic mass is 10.1. The van der Waals surface area contributed by atoms with E-state index in [2.05, 4.69) is 16.7 Å². The molecule has 0 atom stereocenters. The van der Waals surface area contributed by atoms with E-state index < -0.39 is 18.5 Å². The number of amides is 2. The molecule has 0 aliphatic carbocycles. The van der Waals surface area contributed by atoms with E-state index in [1.807, 2.05) is 26.0 Å². The highest BCUT2D eigenvalue weighted by Crippen LogP contribution is 2.29. The first kappa shape index (κ1) is 28.0. The zero-order valence-electron chi connectivity index (χ0n) is 22.0. The smallest absolute Gasteiger partial charge is 0.306 e. The molecule has 0 radical (unpaired) electrons. The SMILES string of the molecule is COc1ccc(NC(=O)COC(=O)CCCC(=O)Nc2ccc(Oc3cc(C)cc(C)c3)cc2)c(OC)c1. The second kappa shape index (κ2) is 13.7. The van der Waals surface area contributed by atoms with Gasteiger partial charge < -0.3 is 29.6 Å². The van der Waals surface area contributed by atoms with Gasteiger partial charge in [0.1, 0.15) is 23.0 Å². The van der Waals surface area contributed by atoms with Crippen molar-refractivity contribution < 1.29 is 33.3 Å². The number of benzene rings is 3. The van der Waals surface area contributed by atoms with Crippen LogP contribution in [0.1, 0.15) is 30.4 Å². The van der Waals surface area contributed by atoms with Gasteiger partial charge in [-0.2, -0.15) is 0 Å². The summed E-state index contributed by atoms with van der Waals surface area (Å²) in [5, 5.41) is 5.41. The summed E-state index contributed by atoms with van der Waals surface area (Å²) in [7, 11) is 2.99. The predicted molar refractivity (Wildman–Crippen MR) is 144 cm³/mol. The van der Waals surface area contributed by atoms with Gasteiger partial charge in [-0.05, 0) is 79.9 Å². The summed E-state index contributed by atoms with van der Waals surface area (Å²) in [5.41, 5.74) is 3.28. The maximum Gasteiger partial charge on any atom is 0.306 e. The monoisotopic (exact) mass is 520 g/mol. The summed E-state index contributed by atoms with van der Waals surface area (Å²) < 4.78 is 21.2. The first-order valence-corrected chi connectivity index (χ1v) is 12.1.